The molecule has 0 atom stereocenters. The van der Waals surface area contributed by atoms with Crippen molar-refractivity contribution in [2.45, 2.75) is 6.92 Å². The number of aryl methyl sites for hydroxylation is 1. The Morgan fingerprint density at radius 3 is 2.57 bits per heavy atom. The van der Waals surface area contributed by atoms with E-state index in [2.05, 4.69) is 21.2 Å². The van der Waals surface area contributed by atoms with Crippen LogP contribution in [-0.4, -0.2) is 19.0 Å². The number of amides is 1. The monoisotopic (exact) mass is 519 g/mol. The summed E-state index contributed by atoms with van der Waals surface area (Å²) in [5.74, 6) is -0.865. The molecule has 1 amide bonds. The molecule has 0 saturated carbocycles. The lowest BCUT2D eigenvalue weighted by Crippen LogP contribution is -2.13. The van der Waals surface area contributed by atoms with Gasteiger partial charge in [-0.2, -0.15) is 0 Å². The number of thiophene rings is 2. The third-order valence-electron chi connectivity index (χ3n) is 4.55. The second-order valence-corrected chi connectivity index (χ2v) is 9.78. The number of carbonyl (C=O) groups is 2. The molecule has 0 aliphatic carbocycles. The predicted octanol–water partition coefficient (Wildman–Crippen LogP) is 7.39. The molecule has 4 rings (SSSR count). The molecule has 0 bridgehead atoms. The summed E-state index contributed by atoms with van der Waals surface area (Å²) in [7, 11) is 1.32. The maximum Gasteiger partial charge on any atom is 0.341 e. The highest BCUT2D eigenvalue weighted by Crippen LogP contribution is 2.39. The molecule has 4 aromatic rings. The topological polar surface area (TPSA) is 55.4 Å². The molecule has 0 saturated heterocycles. The molecule has 4 nitrogen and oxygen atoms in total. The number of hydrogen-bond donors (Lipinski definition) is 1. The van der Waals surface area contributed by atoms with Crippen molar-refractivity contribution in [1.82, 2.24) is 0 Å². The van der Waals surface area contributed by atoms with Crippen LogP contribution in [0.3, 0.4) is 0 Å². The van der Waals surface area contributed by atoms with Gasteiger partial charge in [0.15, 0.2) is 0 Å². The summed E-state index contributed by atoms with van der Waals surface area (Å²) in [4.78, 5) is 25.9. The Kier molecular flexibility index (Phi) is 5.97. The second-order valence-electron chi connectivity index (χ2n) is 6.55. The van der Waals surface area contributed by atoms with E-state index in [1.165, 1.54) is 29.8 Å². The summed E-state index contributed by atoms with van der Waals surface area (Å²) in [6.45, 7) is 1.99. The summed E-state index contributed by atoms with van der Waals surface area (Å²) < 4.78 is 6.86. The van der Waals surface area contributed by atoms with Crippen molar-refractivity contribution in [3.63, 3.8) is 0 Å². The number of rotatable bonds is 4. The number of hydrogen-bond acceptors (Lipinski definition) is 5. The quantitative estimate of drug-likeness (QED) is 0.285. The normalized spacial score (nSPS) is 10.9. The molecule has 2 aromatic carbocycles. The van der Waals surface area contributed by atoms with Gasteiger partial charge < -0.3 is 10.1 Å². The maximum absolute atomic E-state index is 13.0. The lowest BCUT2D eigenvalue weighted by molar-refractivity contribution is 0.0603. The van der Waals surface area contributed by atoms with E-state index in [1.54, 1.807) is 0 Å². The molecular weight excluding hydrogens is 506 g/mol. The van der Waals surface area contributed by atoms with Gasteiger partial charge in [0.2, 0.25) is 0 Å². The van der Waals surface area contributed by atoms with Crippen LogP contribution in [0.4, 0.5) is 5.00 Å². The van der Waals surface area contributed by atoms with E-state index >= 15 is 0 Å². The first-order valence-corrected chi connectivity index (χ1v) is 11.7. The fraction of sp³-hybridized carbons (Fsp3) is 0.0909. The standard InChI is InChI=1S/C22H15BrClNO3S2/c1-11-3-8-14-16(9-11)30-19(18(14)24)20(26)25-21-17(22(27)28-2)15(10-29-21)12-4-6-13(23)7-5-12/h3-10H,1-2H3,(H,25,26). The Morgan fingerprint density at radius 2 is 1.87 bits per heavy atom. The molecular formula is C22H15BrClNO3S2. The minimum absolute atomic E-state index is 0.325. The smallest absolute Gasteiger partial charge is 0.341 e. The van der Waals surface area contributed by atoms with Gasteiger partial charge in [-0.25, -0.2) is 4.79 Å². The van der Waals surface area contributed by atoms with Gasteiger partial charge in [-0.3, -0.25) is 4.79 Å². The Morgan fingerprint density at radius 1 is 1.13 bits per heavy atom. The van der Waals surface area contributed by atoms with Gasteiger partial charge in [-0.05, 0) is 36.2 Å². The molecule has 0 spiro atoms. The number of esters is 1. The average molecular weight is 521 g/mol. The maximum atomic E-state index is 13.0. The molecule has 0 unspecified atom stereocenters. The first-order chi connectivity index (χ1) is 14.4. The number of carbonyl (C=O) groups excluding carboxylic acids is 2. The minimum atomic E-state index is -0.512. The van der Waals surface area contributed by atoms with E-state index in [0.717, 1.165) is 25.7 Å². The van der Waals surface area contributed by atoms with Crippen molar-refractivity contribution < 1.29 is 14.3 Å². The first-order valence-electron chi connectivity index (χ1n) is 8.84. The van der Waals surface area contributed by atoms with Crippen LogP contribution < -0.4 is 5.32 Å². The van der Waals surface area contributed by atoms with Crippen LogP contribution in [0.25, 0.3) is 21.2 Å². The van der Waals surface area contributed by atoms with E-state index in [-0.39, 0.29) is 5.91 Å². The Balaban J connectivity index is 1.72. The fourth-order valence-electron chi connectivity index (χ4n) is 3.07. The number of ether oxygens (including phenoxy) is 1. The molecule has 0 aliphatic heterocycles. The molecule has 0 aliphatic rings. The van der Waals surface area contributed by atoms with Crippen LogP contribution in [-0.2, 0) is 4.74 Å². The summed E-state index contributed by atoms with van der Waals surface area (Å²) >= 11 is 12.5. The fourth-order valence-corrected chi connectivity index (χ4v) is 5.80. The van der Waals surface area contributed by atoms with E-state index in [9.17, 15) is 9.59 Å². The summed E-state index contributed by atoms with van der Waals surface area (Å²) in [5.41, 5.74) is 2.97. The number of methoxy groups -OCH3 is 1. The second kappa shape index (κ2) is 8.51. The van der Waals surface area contributed by atoms with Crippen LogP contribution in [0.15, 0.2) is 52.3 Å². The average Bonchev–Trinajstić information content (AvgIpc) is 3.29. The van der Waals surface area contributed by atoms with E-state index in [1.807, 2.05) is 54.8 Å². The summed E-state index contributed by atoms with van der Waals surface area (Å²) in [5, 5.41) is 6.37. The molecule has 0 radical (unpaired) electrons. The van der Waals surface area contributed by atoms with Gasteiger partial charge in [0.25, 0.3) is 5.91 Å². The van der Waals surface area contributed by atoms with Crippen molar-refractivity contribution in [2.24, 2.45) is 0 Å². The Hall–Kier alpha value is -2.19. The van der Waals surface area contributed by atoms with E-state index in [0.29, 0.717) is 26.0 Å². The molecule has 2 heterocycles. The number of anilines is 1. The molecule has 8 heteroatoms. The molecule has 2 aromatic heterocycles. The largest absolute Gasteiger partial charge is 0.465 e. The van der Waals surface area contributed by atoms with Crippen molar-refractivity contribution in [3.8, 4) is 11.1 Å². The summed E-state index contributed by atoms with van der Waals surface area (Å²) in [6.07, 6.45) is 0. The number of nitrogens with one attached hydrogen (secondary N) is 1. The van der Waals surface area contributed by atoms with Crippen LogP contribution in [0, 0.1) is 6.92 Å². The van der Waals surface area contributed by atoms with Gasteiger partial charge in [0.05, 0.1) is 12.1 Å². The van der Waals surface area contributed by atoms with Crippen LogP contribution >= 0.6 is 50.2 Å². The number of benzene rings is 2. The lowest BCUT2D eigenvalue weighted by Gasteiger charge is -2.07. The van der Waals surface area contributed by atoms with Gasteiger partial charge in [0.1, 0.15) is 15.4 Å². The van der Waals surface area contributed by atoms with Crippen molar-refractivity contribution in [1.29, 1.82) is 0 Å². The van der Waals surface area contributed by atoms with Gasteiger partial charge >= 0.3 is 5.97 Å². The molecule has 30 heavy (non-hydrogen) atoms. The van der Waals surface area contributed by atoms with Gasteiger partial charge in [0, 0.05) is 25.5 Å². The Labute approximate surface area is 194 Å². The van der Waals surface area contributed by atoms with Gasteiger partial charge in [-0.15, -0.1) is 22.7 Å². The van der Waals surface area contributed by atoms with Crippen LogP contribution in [0.1, 0.15) is 25.6 Å². The van der Waals surface area contributed by atoms with Crippen molar-refractivity contribution >= 4 is 77.2 Å². The number of fused-ring (bicyclic) bond motifs is 1. The zero-order valence-corrected chi connectivity index (χ0v) is 19.9. The van der Waals surface area contributed by atoms with Crippen molar-refractivity contribution in [2.75, 3.05) is 12.4 Å². The van der Waals surface area contributed by atoms with E-state index in [4.69, 9.17) is 16.3 Å². The third-order valence-corrected chi connectivity index (χ3v) is 7.63. The van der Waals surface area contributed by atoms with E-state index < -0.39 is 5.97 Å². The molecule has 1 N–H and O–H groups in total. The highest BCUT2D eigenvalue weighted by Gasteiger charge is 2.24. The Bertz CT molecular complexity index is 1280. The lowest BCUT2D eigenvalue weighted by atomic mass is 10.0. The minimum Gasteiger partial charge on any atom is -0.465 e. The predicted molar refractivity (Wildman–Crippen MR) is 128 cm³/mol. The SMILES string of the molecule is COC(=O)c1c(-c2ccc(Br)cc2)csc1NC(=O)c1sc2cc(C)ccc2c1Cl. The van der Waals surface area contributed by atoms with Crippen molar-refractivity contribution in [3.05, 3.63) is 73.3 Å². The number of halogens is 2. The zero-order chi connectivity index (χ0) is 21.4. The molecule has 152 valence electrons. The van der Waals surface area contributed by atoms with Crippen LogP contribution in [0.2, 0.25) is 5.02 Å². The highest BCUT2D eigenvalue weighted by molar-refractivity contribution is 9.10. The summed E-state index contributed by atoms with van der Waals surface area (Å²) in [6, 6.07) is 13.5. The third kappa shape index (κ3) is 3.90. The van der Waals surface area contributed by atoms with Gasteiger partial charge in [-0.1, -0.05) is 51.8 Å². The highest BCUT2D eigenvalue weighted by atomic mass is 79.9. The first kappa shape index (κ1) is 21.1. The van der Waals surface area contributed by atoms with Crippen LogP contribution in [0.5, 0.6) is 0 Å². The zero-order valence-electron chi connectivity index (χ0n) is 15.9. The molecule has 0 fully saturated rings.